The van der Waals surface area contributed by atoms with Crippen LogP contribution in [-0.4, -0.2) is 16.0 Å². The molecule has 4 heteroatoms. The minimum Gasteiger partial charge on any atom is -0.365 e. The summed E-state index contributed by atoms with van der Waals surface area (Å²) >= 11 is 6.02. The second kappa shape index (κ2) is 5.31. The molecule has 0 atom stereocenters. The maximum absolute atomic E-state index is 6.02. The predicted molar refractivity (Wildman–Crippen MR) is 64.5 cm³/mol. The van der Waals surface area contributed by atoms with E-state index >= 15 is 0 Å². The molecule has 1 aromatic heterocycles. The number of aryl methyl sites for hydroxylation is 2. The first-order valence-corrected chi connectivity index (χ1v) is 5.73. The fourth-order valence-corrected chi connectivity index (χ4v) is 1.58. The Morgan fingerprint density at radius 1 is 1.13 bits per heavy atom. The Morgan fingerprint density at radius 3 is 2.20 bits per heavy atom. The van der Waals surface area contributed by atoms with Gasteiger partial charge in [-0.1, -0.05) is 25.4 Å². The van der Waals surface area contributed by atoms with Gasteiger partial charge in [0.05, 0.1) is 11.4 Å². The molecule has 0 spiro atoms. The summed E-state index contributed by atoms with van der Waals surface area (Å²) in [6, 6.07) is 0.416. The number of hydrogen-bond donors (Lipinski definition) is 1. The Morgan fingerprint density at radius 2 is 1.67 bits per heavy atom. The minimum atomic E-state index is 0.416. The predicted octanol–water partition coefficient (Wildman–Crippen LogP) is 3.35. The minimum absolute atomic E-state index is 0.416. The van der Waals surface area contributed by atoms with Crippen LogP contribution in [0.4, 0.5) is 5.82 Å². The summed E-state index contributed by atoms with van der Waals surface area (Å²) in [5.74, 6) is 0.702. The molecule has 0 amide bonds. The molecule has 0 unspecified atom stereocenters. The van der Waals surface area contributed by atoms with E-state index in [2.05, 4.69) is 29.1 Å². The van der Waals surface area contributed by atoms with E-state index in [0.717, 1.165) is 24.2 Å². The summed E-state index contributed by atoms with van der Waals surface area (Å²) in [6.45, 7) is 8.14. The number of hydrogen-bond acceptors (Lipinski definition) is 3. The third-order valence-electron chi connectivity index (χ3n) is 2.59. The Labute approximate surface area is 96.3 Å². The van der Waals surface area contributed by atoms with Gasteiger partial charge >= 0.3 is 0 Å². The molecular weight excluding hydrogens is 210 g/mol. The summed E-state index contributed by atoms with van der Waals surface area (Å²) in [5, 5.41) is 3.77. The summed E-state index contributed by atoms with van der Waals surface area (Å²) in [7, 11) is 0. The quantitative estimate of drug-likeness (QED) is 0.857. The van der Waals surface area contributed by atoms with E-state index in [-0.39, 0.29) is 0 Å². The first-order chi connectivity index (χ1) is 7.08. The molecule has 0 radical (unpaired) electrons. The number of aromatic nitrogens is 2. The molecule has 0 fully saturated rings. The van der Waals surface area contributed by atoms with Crippen molar-refractivity contribution in [3.63, 3.8) is 0 Å². The van der Waals surface area contributed by atoms with E-state index in [1.165, 1.54) is 0 Å². The van der Waals surface area contributed by atoms with Crippen molar-refractivity contribution >= 4 is 17.4 Å². The molecule has 0 saturated carbocycles. The average molecular weight is 228 g/mol. The van der Waals surface area contributed by atoms with Crippen LogP contribution in [0.1, 0.15) is 38.1 Å². The van der Waals surface area contributed by atoms with Gasteiger partial charge in [-0.15, -0.1) is 0 Å². The Hall–Kier alpha value is -0.830. The van der Waals surface area contributed by atoms with Crippen molar-refractivity contribution in [2.24, 2.45) is 0 Å². The van der Waals surface area contributed by atoms with Crippen molar-refractivity contribution in [1.29, 1.82) is 0 Å². The lowest BCUT2D eigenvalue weighted by Gasteiger charge is -2.16. The van der Waals surface area contributed by atoms with Gasteiger partial charge in [0.15, 0.2) is 11.0 Å². The Balaban J connectivity index is 2.89. The lowest BCUT2D eigenvalue weighted by Crippen LogP contribution is -2.19. The molecule has 1 rings (SSSR count). The number of halogens is 1. The van der Waals surface area contributed by atoms with Crippen molar-refractivity contribution in [2.75, 3.05) is 5.32 Å². The number of nitrogens with one attached hydrogen (secondary N) is 1. The zero-order chi connectivity index (χ0) is 11.4. The second-order valence-electron chi connectivity index (χ2n) is 3.69. The van der Waals surface area contributed by atoms with E-state index < -0.39 is 0 Å². The summed E-state index contributed by atoms with van der Waals surface area (Å²) in [6.07, 6.45) is 2.11. The molecule has 1 heterocycles. The largest absolute Gasteiger partial charge is 0.365 e. The standard InChI is InChI=1S/C11H18ClN3/c1-5-9(6-2)15-11-10(12)13-7(3)8(4)14-11/h9H,5-6H2,1-4H3,(H,14,15). The normalized spacial score (nSPS) is 10.8. The van der Waals surface area contributed by atoms with E-state index in [1.54, 1.807) is 0 Å². The Bertz CT molecular complexity index is 335. The van der Waals surface area contributed by atoms with Crippen LogP contribution in [0.3, 0.4) is 0 Å². The van der Waals surface area contributed by atoms with Crippen molar-refractivity contribution in [3.05, 3.63) is 16.5 Å². The van der Waals surface area contributed by atoms with Crippen LogP contribution in [-0.2, 0) is 0 Å². The van der Waals surface area contributed by atoms with Crippen LogP contribution < -0.4 is 5.32 Å². The monoisotopic (exact) mass is 227 g/mol. The fraction of sp³-hybridized carbons (Fsp3) is 0.636. The maximum Gasteiger partial charge on any atom is 0.171 e. The Kier molecular flexibility index (Phi) is 4.33. The summed E-state index contributed by atoms with van der Waals surface area (Å²) < 4.78 is 0. The van der Waals surface area contributed by atoms with Gasteiger partial charge in [0.1, 0.15) is 0 Å². The van der Waals surface area contributed by atoms with Crippen molar-refractivity contribution in [1.82, 2.24) is 9.97 Å². The van der Waals surface area contributed by atoms with E-state index in [1.807, 2.05) is 13.8 Å². The zero-order valence-electron chi connectivity index (χ0n) is 9.76. The van der Waals surface area contributed by atoms with Crippen LogP contribution in [0.25, 0.3) is 0 Å². The van der Waals surface area contributed by atoms with Crippen LogP contribution in [0, 0.1) is 13.8 Å². The van der Waals surface area contributed by atoms with Gasteiger partial charge in [-0.3, -0.25) is 0 Å². The highest BCUT2D eigenvalue weighted by atomic mass is 35.5. The molecule has 1 aromatic rings. The molecular formula is C11H18ClN3. The van der Waals surface area contributed by atoms with Crippen LogP contribution in [0.15, 0.2) is 0 Å². The van der Waals surface area contributed by atoms with E-state index in [4.69, 9.17) is 11.6 Å². The number of anilines is 1. The van der Waals surface area contributed by atoms with E-state index in [9.17, 15) is 0 Å². The molecule has 0 aliphatic heterocycles. The molecule has 3 nitrogen and oxygen atoms in total. The smallest absolute Gasteiger partial charge is 0.171 e. The van der Waals surface area contributed by atoms with Gasteiger partial charge in [0.25, 0.3) is 0 Å². The van der Waals surface area contributed by atoms with Crippen LogP contribution >= 0.6 is 11.6 Å². The van der Waals surface area contributed by atoms with Gasteiger partial charge in [0.2, 0.25) is 0 Å². The van der Waals surface area contributed by atoms with Crippen molar-refractivity contribution in [2.45, 2.75) is 46.6 Å². The molecule has 0 aromatic carbocycles. The van der Waals surface area contributed by atoms with Crippen LogP contribution in [0.5, 0.6) is 0 Å². The second-order valence-corrected chi connectivity index (χ2v) is 4.05. The SMILES string of the molecule is CCC(CC)Nc1nc(C)c(C)nc1Cl. The first kappa shape index (κ1) is 12.2. The average Bonchev–Trinajstić information content (AvgIpc) is 2.21. The molecule has 1 N–H and O–H groups in total. The zero-order valence-corrected chi connectivity index (χ0v) is 10.5. The molecule has 0 bridgehead atoms. The lowest BCUT2D eigenvalue weighted by molar-refractivity contribution is 0.667. The highest BCUT2D eigenvalue weighted by molar-refractivity contribution is 6.31. The number of rotatable bonds is 4. The summed E-state index contributed by atoms with van der Waals surface area (Å²) in [4.78, 5) is 8.64. The third kappa shape index (κ3) is 3.06. The number of nitrogens with zero attached hydrogens (tertiary/aromatic N) is 2. The molecule has 84 valence electrons. The topological polar surface area (TPSA) is 37.8 Å². The highest BCUT2D eigenvalue weighted by Crippen LogP contribution is 2.20. The van der Waals surface area contributed by atoms with Crippen molar-refractivity contribution < 1.29 is 0 Å². The van der Waals surface area contributed by atoms with Crippen molar-refractivity contribution in [3.8, 4) is 0 Å². The first-order valence-electron chi connectivity index (χ1n) is 5.35. The lowest BCUT2D eigenvalue weighted by atomic mass is 10.2. The van der Waals surface area contributed by atoms with E-state index in [0.29, 0.717) is 17.0 Å². The molecule has 0 saturated heterocycles. The molecule has 15 heavy (non-hydrogen) atoms. The molecule has 0 aliphatic carbocycles. The maximum atomic E-state index is 6.02. The van der Waals surface area contributed by atoms with Gasteiger partial charge < -0.3 is 5.32 Å². The van der Waals surface area contributed by atoms with Gasteiger partial charge in [-0.25, -0.2) is 9.97 Å². The van der Waals surface area contributed by atoms with Gasteiger partial charge in [-0.2, -0.15) is 0 Å². The van der Waals surface area contributed by atoms with Crippen LogP contribution in [0.2, 0.25) is 5.15 Å². The van der Waals surface area contributed by atoms with Gasteiger partial charge in [0, 0.05) is 6.04 Å². The van der Waals surface area contributed by atoms with Gasteiger partial charge in [-0.05, 0) is 26.7 Å². The highest BCUT2D eigenvalue weighted by Gasteiger charge is 2.10. The third-order valence-corrected chi connectivity index (χ3v) is 2.85. The fourth-order valence-electron chi connectivity index (χ4n) is 1.35. The molecule has 0 aliphatic rings. The summed E-state index contributed by atoms with van der Waals surface area (Å²) in [5.41, 5.74) is 1.81.